The Balaban J connectivity index is 1.49. The molecular weight excluding hydrogens is 524 g/mol. The Hall–Kier alpha value is -3.95. The molecule has 5 rings (SSSR count). The molecule has 3 aromatic carbocycles. The molecule has 38 heavy (non-hydrogen) atoms. The van der Waals surface area contributed by atoms with Gasteiger partial charge in [0, 0.05) is 21.3 Å². The largest absolute Gasteiger partial charge is 0.457 e. The molecule has 194 valence electrons. The van der Waals surface area contributed by atoms with Crippen molar-refractivity contribution in [3.8, 4) is 0 Å². The number of halogens is 1. The average molecular weight is 549 g/mol. The van der Waals surface area contributed by atoms with Gasteiger partial charge in [-0.1, -0.05) is 48.0 Å². The maximum Gasteiger partial charge on any atom is 0.338 e. The molecule has 2 aliphatic heterocycles. The molecule has 1 atom stereocenters. The van der Waals surface area contributed by atoms with Crippen LogP contribution in [0.5, 0.6) is 0 Å². The molecule has 0 radical (unpaired) electrons. The minimum atomic E-state index is -0.785. The molecule has 10 heteroatoms. The number of carbonyl (C=O) groups is 3. The Bertz CT molecular complexity index is 1460. The predicted molar refractivity (Wildman–Crippen MR) is 148 cm³/mol. The molecule has 0 unspecified atom stereocenters. The van der Waals surface area contributed by atoms with Gasteiger partial charge in [-0.15, -0.1) is 11.8 Å². The van der Waals surface area contributed by atoms with E-state index in [1.54, 1.807) is 30.3 Å². The van der Waals surface area contributed by atoms with Gasteiger partial charge in [-0.05, 0) is 59.9 Å². The van der Waals surface area contributed by atoms with Crippen LogP contribution in [0.1, 0.15) is 29.2 Å². The van der Waals surface area contributed by atoms with E-state index >= 15 is 0 Å². The van der Waals surface area contributed by atoms with E-state index in [0.29, 0.717) is 46.3 Å². The fourth-order valence-corrected chi connectivity index (χ4v) is 5.48. The van der Waals surface area contributed by atoms with E-state index in [0.717, 1.165) is 16.0 Å². The molecule has 0 saturated heterocycles. The molecule has 0 bridgehead atoms. The Labute approximate surface area is 229 Å². The molecule has 0 aliphatic carbocycles. The first-order valence-electron chi connectivity index (χ1n) is 12.0. The highest BCUT2D eigenvalue weighted by atomic mass is 35.5. The van der Waals surface area contributed by atoms with Crippen LogP contribution in [0.2, 0.25) is 5.02 Å². The molecule has 3 amide bonds. The van der Waals surface area contributed by atoms with Crippen LogP contribution in [-0.4, -0.2) is 23.7 Å². The number of benzene rings is 3. The van der Waals surface area contributed by atoms with Gasteiger partial charge in [-0.25, -0.2) is 9.59 Å². The first-order valence-corrected chi connectivity index (χ1v) is 13.4. The molecule has 0 fully saturated rings. The number of rotatable bonds is 7. The summed E-state index contributed by atoms with van der Waals surface area (Å²) in [6, 6.07) is 18.8. The number of aryl methyl sites for hydroxylation is 1. The Kier molecular flexibility index (Phi) is 7.57. The number of anilines is 2. The smallest absolute Gasteiger partial charge is 0.338 e. The van der Waals surface area contributed by atoms with Crippen molar-refractivity contribution >= 4 is 52.6 Å². The van der Waals surface area contributed by atoms with Crippen molar-refractivity contribution in [2.45, 2.75) is 30.4 Å². The van der Waals surface area contributed by atoms with Gasteiger partial charge >= 0.3 is 12.0 Å². The number of ether oxygens (including phenoxy) is 1. The van der Waals surface area contributed by atoms with Crippen LogP contribution in [0.25, 0.3) is 0 Å². The molecule has 2 aliphatic rings. The zero-order valence-electron chi connectivity index (χ0n) is 20.3. The van der Waals surface area contributed by atoms with Gasteiger partial charge in [0.05, 0.1) is 23.1 Å². The second kappa shape index (κ2) is 11.2. The maximum atomic E-state index is 13.6. The van der Waals surface area contributed by atoms with Crippen LogP contribution in [0, 0.1) is 0 Å². The lowest BCUT2D eigenvalue weighted by molar-refractivity contribution is -0.140. The number of nitrogens with one attached hydrogen (secondary N) is 3. The molecule has 2 heterocycles. The third-order valence-electron chi connectivity index (χ3n) is 6.27. The SMILES string of the molecule is Nc1cccc(COC(=O)C2=C(CCc3ccccc3Cl)NC(=O)N[C@@H]2c2ccc3c(c2)NC(=O)CS3)c1. The first-order chi connectivity index (χ1) is 18.4. The van der Waals surface area contributed by atoms with Crippen LogP contribution in [0.4, 0.5) is 16.2 Å². The van der Waals surface area contributed by atoms with E-state index in [-0.39, 0.29) is 18.1 Å². The summed E-state index contributed by atoms with van der Waals surface area (Å²) in [6.07, 6.45) is 0.860. The topological polar surface area (TPSA) is 123 Å². The maximum absolute atomic E-state index is 13.6. The van der Waals surface area contributed by atoms with Gasteiger partial charge in [-0.2, -0.15) is 0 Å². The van der Waals surface area contributed by atoms with E-state index in [4.69, 9.17) is 22.1 Å². The number of hydrogen-bond acceptors (Lipinski definition) is 6. The number of nitrogen functional groups attached to an aromatic ring is 1. The van der Waals surface area contributed by atoms with Crippen LogP contribution in [0.15, 0.2) is 82.9 Å². The summed E-state index contributed by atoms with van der Waals surface area (Å²) in [4.78, 5) is 39.2. The Morgan fingerprint density at radius 3 is 2.68 bits per heavy atom. The highest BCUT2D eigenvalue weighted by Gasteiger charge is 2.34. The van der Waals surface area contributed by atoms with Gasteiger partial charge in [0.2, 0.25) is 5.91 Å². The van der Waals surface area contributed by atoms with Crippen molar-refractivity contribution in [3.05, 3.63) is 99.7 Å². The molecule has 0 spiro atoms. The highest BCUT2D eigenvalue weighted by molar-refractivity contribution is 8.00. The van der Waals surface area contributed by atoms with Gasteiger partial charge < -0.3 is 26.4 Å². The van der Waals surface area contributed by atoms with Crippen LogP contribution in [0.3, 0.4) is 0 Å². The van der Waals surface area contributed by atoms with Crippen LogP contribution < -0.4 is 21.7 Å². The fourth-order valence-electron chi connectivity index (χ4n) is 4.46. The van der Waals surface area contributed by atoms with E-state index in [9.17, 15) is 14.4 Å². The second-order valence-electron chi connectivity index (χ2n) is 8.93. The summed E-state index contributed by atoms with van der Waals surface area (Å²) in [5.74, 6) is -0.341. The third kappa shape index (κ3) is 5.79. The minimum Gasteiger partial charge on any atom is -0.457 e. The first kappa shape index (κ1) is 25.7. The van der Waals surface area contributed by atoms with Crippen molar-refractivity contribution in [3.63, 3.8) is 0 Å². The van der Waals surface area contributed by atoms with Gasteiger partial charge in [-0.3, -0.25) is 4.79 Å². The number of esters is 1. The van der Waals surface area contributed by atoms with Crippen molar-refractivity contribution in [2.24, 2.45) is 0 Å². The Morgan fingerprint density at radius 2 is 1.87 bits per heavy atom. The molecule has 8 nitrogen and oxygen atoms in total. The van der Waals surface area contributed by atoms with Crippen molar-refractivity contribution in [1.29, 1.82) is 0 Å². The molecule has 3 aromatic rings. The zero-order chi connectivity index (χ0) is 26.6. The summed E-state index contributed by atoms with van der Waals surface area (Å²) < 4.78 is 5.70. The van der Waals surface area contributed by atoms with Crippen molar-refractivity contribution in [2.75, 3.05) is 16.8 Å². The van der Waals surface area contributed by atoms with E-state index in [1.165, 1.54) is 11.8 Å². The number of urea groups is 1. The summed E-state index contributed by atoms with van der Waals surface area (Å²) in [5, 5.41) is 9.13. The Morgan fingerprint density at radius 1 is 1.03 bits per heavy atom. The van der Waals surface area contributed by atoms with Crippen LogP contribution >= 0.6 is 23.4 Å². The average Bonchev–Trinajstić information content (AvgIpc) is 2.90. The summed E-state index contributed by atoms with van der Waals surface area (Å²) >= 11 is 7.79. The number of thioether (sulfide) groups is 1. The van der Waals surface area contributed by atoms with Gasteiger partial charge in [0.15, 0.2) is 0 Å². The lowest BCUT2D eigenvalue weighted by Crippen LogP contribution is -2.46. The predicted octanol–water partition coefficient (Wildman–Crippen LogP) is 4.95. The lowest BCUT2D eigenvalue weighted by Gasteiger charge is -2.30. The number of amides is 3. The normalized spacial score (nSPS) is 16.7. The van der Waals surface area contributed by atoms with Crippen molar-refractivity contribution in [1.82, 2.24) is 10.6 Å². The standard InChI is InChI=1S/C28H25ClN4O4S/c29-20-7-2-1-5-17(20)8-10-21-25(27(35)37-14-16-4-3-6-19(30)12-16)26(33-28(36)32-21)18-9-11-23-22(13-18)31-24(34)15-38-23/h1-7,9,11-13,26H,8,10,14-15,30H2,(H,31,34)(H2,32,33,36)/t26-/m1/s1. The molecular formula is C28H25ClN4O4S. The van der Waals surface area contributed by atoms with Crippen LogP contribution in [-0.2, 0) is 27.4 Å². The summed E-state index contributed by atoms with van der Waals surface area (Å²) in [6.45, 7) is 0.0166. The van der Waals surface area contributed by atoms with E-state index in [1.807, 2.05) is 36.4 Å². The van der Waals surface area contributed by atoms with Crippen molar-refractivity contribution < 1.29 is 19.1 Å². The lowest BCUT2D eigenvalue weighted by atomic mass is 9.92. The second-order valence-corrected chi connectivity index (χ2v) is 10.4. The van der Waals surface area contributed by atoms with E-state index in [2.05, 4.69) is 16.0 Å². The molecule has 0 saturated carbocycles. The summed E-state index contributed by atoms with van der Waals surface area (Å²) in [7, 11) is 0. The number of hydrogen-bond donors (Lipinski definition) is 4. The van der Waals surface area contributed by atoms with Gasteiger partial charge in [0.25, 0.3) is 0 Å². The summed E-state index contributed by atoms with van der Waals surface area (Å²) in [5.41, 5.74) is 10.1. The highest BCUT2D eigenvalue weighted by Crippen LogP contribution is 2.37. The van der Waals surface area contributed by atoms with E-state index < -0.39 is 18.0 Å². The number of allylic oxidation sites excluding steroid dienone is 1. The minimum absolute atomic E-state index is 0.0166. The monoisotopic (exact) mass is 548 g/mol. The number of fused-ring (bicyclic) bond motifs is 1. The molecule has 5 N–H and O–H groups in total. The quantitative estimate of drug-likeness (QED) is 0.245. The van der Waals surface area contributed by atoms with Gasteiger partial charge in [0.1, 0.15) is 6.61 Å². The third-order valence-corrected chi connectivity index (χ3v) is 7.71. The number of carbonyl (C=O) groups excluding carboxylic acids is 3. The zero-order valence-corrected chi connectivity index (χ0v) is 21.8. The fraction of sp³-hybridized carbons (Fsp3) is 0.179. The molecule has 0 aromatic heterocycles. The number of nitrogens with two attached hydrogens (primary N) is 1.